The maximum Gasteiger partial charge on any atom is 1.00 e. The van der Waals surface area contributed by atoms with E-state index >= 15 is 0 Å². The van der Waals surface area contributed by atoms with Crippen LogP contribution in [0.4, 0.5) is 0 Å². The molecule has 0 spiro atoms. The van der Waals surface area contributed by atoms with Crippen LogP contribution < -0.4 is 39.4 Å². The zero-order valence-corrected chi connectivity index (χ0v) is 20.5. The van der Waals surface area contributed by atoms with Gasteiger partial charge in [-0.3, -0.25) is 0 Å². The number of aromatic nitrogens is 4. The number of aliphatic hydroxyl groups excluding tert-OH is 1. The van der Waals surface area contributed by atoms with Gasteiger partial charge < -0.3 is 14.9 Å². The summed E-state index contributed by atoms with van der Waals surface area (Å²) in [5, 5.41) is 15.9. The van der Waals surface area contributed by atoms with Crippen LogP contribution in [0.15, 0.2) is 21.3 Å². The zero-order valence-electron chi connectivity index (χ0n) is 13.1. The van der Waals surface area contributed by atoms with Crippen molar-refractivity contribution < 1.29 is 44.5 Å². The summed E-state index contributed by atoms with van der Waals surface area (Å²) in [5.74, 6) is 0.444. The molecule has 0 saturated heterocycles. The first-order chi connectivity index (χ1) is 10.9. The number of methoxy groups -OCH3 is 1. The smallest absolute Gasteiger partial charge is 0.857 e. The minimum absolute atomic E-state index is 0. The van der Waals surface area contributed by atoms with Crippen molar-refractivity contribution in [1.29, 1.82) is 0 Å². The number of aliphatic hydroxyl groups is 1. The zero-order chi connectivity index (χ0) is 18.4. The molecule has 0 aliphatic heterocycles. The van der Waals surface area contributed by atoms with Crippen LogP contribution in [0.1, 0.15) is 0 Å². The molecule has 130 valence electrons. The van der Waals surface area contributed by atoms with Crippen molar-refractivity contribution in [3.8, 4) is 5.88 Å². The Balaban J connectivity index is -0.000000295. The first kappa shape index (κ1) is 29.5. The molecular weight excluding hydrogens is 525 g/mol. The summed E-state index contributed by atoms with van der Waals surface area (Å²) in [5.41, 5.74) is 0. The molecule has 2 heterocycles. The Bertz CT molecular complexity index is 588. The van der Waals surface area contributed by atoms with Gasteiger partial charge in [0.25, 0.3) is 0 Å². The van der Waals surface area contributed by atoms with E-state index in [1.165, 1.54) is 19.5 Å². The monoisotopic (exact) mass is 534 g/mol. The van der Waals surface area contributed by atoms with Crippen molar-refractivity contribution in [3.05, 3.63) is 37.1 Å². The molecule has 0 amide bonds. The largest absolute Gasteiger partial charge is 1.00 e. The van der Waals surface area contributed by atoms with Crippen LogP contribution in [0.5, 0.6) is 5.88 Å². The average Bonchev–Trinajstić information content (AvgIpc) is 2.58. The Kier molecular flexibility index (Phi) is 22.7. The molecule has 0 aliphatic rings. The molecule has 13 heteroatoms. The summed E-state index contributed by atoms with van der Waals surface area (Å²) in [6, 6.07) is 0. The predicted octanol–water partition coefficient (Wildman–Crippen LogP) is 0.0360. The van der Waals surface area contributed by atoms with Gasteiger partial charge in [-0.25, -0.2) is 15.0 Å². The molecule has 2 aromatic rings. The first-order valence-electron chi connectivity index (χ1n) is 5.35. The fourth-order valence-corrected chi connectivity index (χ4v) is 1.78. The molecule has 0 bridgehead atoms. The van der Waals surface area contributed by atoms with Gasteiger partial charge in [0.15, 0.2) is 0 Å². The maximum atomic E-state index is 8.25. The third kappa shape index (κ3) is 13.0. The van der Waals surface area contributed by atoms with Crippen molar-refractivity contribution in [2.45, 2.75) is 0 Å². The molecule has 0 atom stereocenters. The summed E-state index contributed by atoms with van der Waals surface area (Å²) in [7, 11) is 3.27. The van der Waals surface area contributed by atoms with Crippen molar-refractivity contribution in [1.82, 2.24) is 19.9 Å². The Morgan fingerprint density at radius 3 is 1.71 bits per heavy atom. The Labute approximate surface area is 193 Å². The molecule has 0 radical (unpaired) electrons. The molecule has 7 nitrogen and oxygen atoms in total. The Morgan fingerprint density at radius 2 is 1.38 bits per heavy atom. The number of nitrogens with zero attached hydrogens (tertiary/aromatic N) is 4. The van der Waals surface area contributed by atoms with Crippen molar-refractivity contribution in [2.75, 3.05) is 21.3 Å². The van der Waals surface area contributed by atoms with Crippen molar-refractivity contribution >= 4 is 66.7 Å². The van der Waals surface area contributed by atoms with Crippen LogP contribution in [0.3, 0.4) is 0 Å². The molecule has 24 heavy (non-hydrogen) atoms. The van der Waals surface area contributed by atoms with Crippen LogP contribution in [-0.4, -0.2) is 46.4 Å². The minimum Gasteiger partial charge on any atom is -0.857 e. The fraction of sp³-hybridized carbons (Fsp3) is 0.273. The van der Waals surface area contributed by atoms with Gasteiger partial charge in [-0.1, -0.05) is 11.6 Å². The standard InChI is InChI=1S/C5H4BrClN2O.C4HBrCl2N2.CH4O.CH3O.Na/c1-10-4-3(6)2-8-5(7)9-4;5-2-1-8-4(7)9-3(2)6;2*1-2;/h2H,1H3;1H;2H,1H3;1H3;/q;;;-1;+1. The van der Waals surface area contributed by atoms with Gasteiger partial charge in [0.2, 0.25) is 16.4 Å². The second kappa shape index (κ2) is 18.5. The van der Waals surface area contributed by atoms with E-state index < -0.39 is 0 Å². The van der Waals surface area contributed by atoms with Gasteiger partial charge in [0.05, 0.1) is 16.1 Å². The molecular formula is C11H12Br2Cl3N4NaO3. The predicted molar refractivity (Wildman–Crippen MR) is 95.1 cm³/mol. The topological polar surface area (TPSA) is 104 Å². The summed E-state index contributed by atoms with van der Waals surface area (Å²) < 4.78 is 6.18. The van der Waals surface area contributed by atoms with Crippen LogP contribution in [0.25, 0.3) is 0 Å². The van der Waals surface area contributed by atoms with Crippen LogP contribution in [-0.2, 0) is 0 Å². The normalized spacial score (nSPS) is 8.08. The molecule has 2 rings (SSSR count). The third-order valence-corrected chi connectivity index (χ3v) is 3.55. The van der Waals surface area contributed by atoms with Crippen LogP contribution in [0.2, 0.25) is 15.7 Å². The second-order valence-corrected chi connectivity index (χ2v) is 5.52. The quantitative estimate of drug-likeness (QED) is 0.311. The maximum absolute atomic E-state index is 8.25. The van der Waals surface area contributed by atoms with E-state index in [2.05, 4.69) is 51.8 Å². The van der Waals surface area contributed by atoms with Gasteiger partial charge in [-0.2, -0.15) is 12.1 Å². The SMILES string of the molecule is CO.COc1nc(Cl)ncc1Br.C[O-].Clc1ncc(Br)c(Cl)n1.[Na+]. The molecule has 0 aliphatic carbocycles. The van der Waals surface area contributed by atoms with Gasteiger partial charge in [-0.15, -0.1) is 0 Å². The Hall–Kier alpha value is 0.710. The number of hydrogen-bond acceptors (Lipinski definition) is 7. The van der Waals surface area contributed by atoms with Crippen molar-refractivity contribution in [3.63, 3.8) is 0 Å². The van der Waals surface area contributed by atoms with Gasteiger partial charge in [0.1, 0.15) is 5.15 Å². The fourth-order valence-electron chi connectivity index (χ4n) is 0.801. The first-order valence-corrected chi connectivity index (χ1v) is 8.07. The number of hydrogen-bond donors (Lipinski definition) is 1. The second-order valence-electron chi connectivity index (χ2n) is 2.77. The molecule has 1 N–H and O–H groups in total. The van der Waals surface area contributed by atoms with Crippen molar-refractivity contribution in [2.24, 2.45) is 0 Å². The van der Waals surface area contributed by atoms with Gasteiger partial charge in [-0.05, 0) is 55.1 Å². The number of ether oxygens (including phenoxy) is 1. The van der Waals surface area contributed by atoms with Crippen LogP contribution >= 0.6 is 66.7 Å². The van der Waals surface area contributed by atoms with E-state index in [0.717, 1.165) is 14.2 Å². The van der Waals surface area contributed by atoms with E-state index in [9.17, 15) is 0 Å². The van der Waals surface area contributed by atoms with E-state index in [4.69, 9.17) is 49.8 Å². The number of halogens is 5. The average molecular weight is 537 g/mol. The molecule has 0 fully saturated rings. The third-order valence-electron chi connectivity index (χ3n) is 1.55. The van der Waals surface area contributed by atoms with E-state index in [0.29, 0.717) is 20.0 Å². The van der Waals surface area contributed by atoms with E-state index in [1.807, 2.05) is 0 Å². The molecule has 0 saturated carbocycles. The van der Waals surface area contributed by atoms with Gasteiger partial charge in [0, 0.05) is 19.5 Å². The van der Waals surface area contributed by atoms with Gasteiger partial charge >= 0.3 is 29.6 Å². The summed E-state index contributed by atoms with van der Waals surface area (Å²) in [6.45, 7) is 0. The van der Waals surface area contributed by atoms with E-state index in [1.54, 1.807) is 0 Å². The summed E-state index contributed by atoms with van der Waals surface area (Å²) >= 11 is 22.7. The number of rotatable bonds is 1. The van der Waals surface area contributed by atoms with Crippen LogP contribution in [0, 0.1) is 0 Å². The minimum atomic E-state index is 0. The molecule has 2 aromatic heterocycles. The molecule has 0 unspecified atom stereocenters. The molecule has 0 aromatic carbocycles. The summed E-state index contributed by atoms with van der Waals surface area (Å²) in [6.07, 6.45) is 3.03. The summed E-state index contributed by atoms with van der Waals surface area (Å²) in [4.78, 5) is 14.8. The van der Waals surface area contributed by atoms with E-state index in [-0.39, 0.29) is 40.1 Å². The Morgan fingerprint density at radius 1 is 0.958 bits per heavy atom.